The molecular weight excluding hydrogens is 346 g/mol. The first-order chi connectivity index (χ1) is 11.7. The molecule has 0 amide bonds. The minimum Gasteiger partial charge on any atom is -0.479 e. The third-order valence-corrected chi connectivity index (χ3v) is 5.08. The lowest BCUT2D eigenvalue weighted by atomic mass is 10.2. The smallest absolute Gasteiger partial charge is 0.347 e. The van der Waals surface area contributed by atoms with Gasteiger partial charge in [0.2, 0.25) is 5.09 Å². The van der Waals surface area contributed by atoms with E-state index in [4.69, 9.17) is 13.9 Å². The van der Waals surface area contributed by atoms with Crippen molar-refractivity contribution in [3.05, 3.63) is 47.7 Å². The van der Waals surface area contributed by atoms with E-state index in [1.165, 1.54) is 26.2 Å². The second-order valence-corrected chi connectivity index (χ2v) is 7.77. The van der Waals surface area contributed by atoms with Crippen molar-refractivity contribution in [2.24, 2.45) is 0 Å². The molecule has 1 aromatic heterocycles. The molecule has 0 spiro atoms. The number of esters is 1. The van der Waals surface area contributed by atoms with Crippen LogP contribution in [0, 0.1) is 6.92 Å². The van der Waals surface area contributed by atoms with Gasteiger partial charge in [0.15, 0.2) is 6.10 Å². The SMILES string of the molecule is Cc1ccc(OC(C)C(=O)OCc2ccc(S(=O)(=O)N(C)C)o2)cc1. The molecule has 0 N–H and O–H groups in total. The molecule has 1 atom stereocenters. The number of carbonyl (C=O) groups is 1. The van der Waals surface area contributed by atoms with E-state index < -0.39 is 22.1 Å². The zero-order chi connectivity index (χ0) is 18.6. The summed E-state index contributed by atoms with van der Waals surface area (Å²) >= 11 is 0. The van der Waals surface area contributed by atoms with Crippen molar-refractivity contribution in [3.63, 3.8) is 0 Å². The average molecular weight is 367 g/mol. The third-order valence-electron chi connectivity index (χ3n) is 3.39. The van der Waals surface area contributed by atoms with E-state index in [0.29, 0.717) is 5.75 Å². The Morgan fingerprint density at radius 3 is 2.40 bits per heavy atom. The Bertz CT molecular complexity index is 823. The molecule has 0 bridgehead atoms. The van der Waals surface area contributed by atoms with Crippen LogP contribution in [0.4, 0.5) is 0 Å². The number of ether oxygens (including phenoxy) is 2. The summed E-state index contributed by atoms with van der Waals surface area (Å²) in [7, 11) is -0.845. The van der Waals surface area contributed by atoms with E-state index in [0.717, 1.165) is 9.87 Å². The maximum atomic E-state index is 12.0. The Labute approximate surface area is 147 Å². The van der Waals surface area contributed by atoms with E-state index in [-0.39, 0.29) is 17.5 Å². The minimum atomic E-state index is -3.65. The summed E-state index contributed by atoms with van der Waals surface area (Å²) in [6.07, 6.45) is -0.803. The van der Waals surface area contributed by atoms with E-state index in [2.05, 4.69) is 0 Å². The van der Waals surface area contributed by atoms with Crippen molar-refractivity contribution >= 4 is 16.0 Å². The number of carbonyl (C=O) groups excluding carboxylic acids is 1. The largest absolute Gasteiger partial charge is 0.479 e. The topological polar surface area (TPSA) is 86.0 Å². The van der Waals surface area contributed by atoms with Crippen LogP contribution in [-0.4, -0.2) is 38.9 Å². The molecule has 0 aliphatic heterocycles. The Morgan fingerprint density at radius 2 is 1.80 bits per heavy atom. The van der Waals surface area contributed by atoms with Crippen LogP contribution in [0.2, 0.25) is 0 Å². The molecule has 1 unspecified atom stereocenters. The van der Waals surface area contributed by atoms with Crippen LogP contribution in [0.3, 0.4) is 0 Å². The highest BCUT2D eigenvalue weighted by Crippen LogP contribution is 2.18. The summed E-state index contributed by atoms with van der Waals surface area (Å²) in [6.45, 7) is 3.35. The Hall–Kier alpha value is -2.32. The van der Waals surface area contributed by atoms with Gasteiger partial charge in [0.1, 0.15) is 18.1 Å². The molecule has 2 aromatic rings. The molecule has 0 saturated heterocycles. The van der Waals surface area contributed by atoms with E-state index in [1.807, 2.05) is 19.1 Å². The first-order valence-electron chi connectivity index (χ1n) is 7.61. The first kappa shape index (κ1) is 19.0. The molecule has 7 nitrogen and oxygen atoms in total. The molecule has 8 heteroatoms. The van der Waals surface area contributed by atoms with Gasteiger partial charge in [0.25, 0.3) is 10.0 Å². The maximum absolute atomic E-state index is 12.0. The fourth-order valence-corrected chi connectivity index (χ4v) is 2.70. The number of hydrogen-bond acceptors (Lipinski definition) is 6. The molecule has 0 fully saturated rings. The standard InChI is InChI=1S/C17H21NO6S/c1-12-5-7-14(8-6-12)23-13(2)17(19)22-11-15-9-10-16(24-15)25(20,21)18(3)4/h5-10,13H,11H2,1-4H3. The number of sulfonamides is 1. The number of rotatable bonds is 7. The Kier molecular flexibility index (Phi) is 5.86. The lowest BCUT2D eigenvalue weighted by Gasteiger charge is -2.13. The Morgan fingerprint density at radius 1 is 1.16 bits per heavy atom. The molecule has 1 heterocycles. The van der Waals surface area contributed by atoms with Crippen LogP contribution in [0.1, 0.15) is 18.2 Å². The van der Waals surface area contributed by atoms with Crippen molar-refractivity contribution in [1.29, 1.82) is 0 Å². The molecule has 0 radical (unpaired) electrons. The van der Waals surface area contributed by atoms with Gasteiger partial charge in [0, 0.05) is 14.1 Å². The first-order valence-corrected chi connectivity index (χ1v) is 9.05. The molecule has 136 valence electrons. The lowest BCUT2D eigenvalue weighted by Crippen LogP contribution is -2.26. The monoisotopic (exact) mass is 367 g/mol. The molecule has 0 aliphatic rings. The Balaban J connectivity index is 1.91. The summed E-state index contributed by atoms with van der Waals surface area (Å²) in [5, 5.41) is -0.201. The van der Waals surface area contributed by atoms with Crippen molar-refractivity contribution in [1.82, 2.24) is 4.31 Å². The van der Waals surface area contributed by atoms with Crippen LogP contribution in [0.5, 0.6) is 5.75 Å². The van der Waals surface area contributed by atoms with Crippen LogP contribution < -0.4 is 4.74 Å². The number of furan rings is 1. The summed E-state index contributed by atoms with van der Waals surface area (Å²) in [4.78, 5) is 12.0. The normalized spacial score (nSPS) is 12.8. The summed E-state index contributed by atoms with van der Waals surface area (Å²) in [5.41, 5.74) is 1.09. The molecule has 0 saturated carbocycles. The van der Waals surface area contributed by atoms with Crippen LogP contribution in [0.15, 0.2) is 45.9 Å². The molecule has 25 heavy (non-hydrogen) atoms. The zero-order valence-electron chi connectivity index (χ0n) is 14.6. The van der Waals surface area contributed by atoms with E-state index in [9.17, 15) is 13.2 Å². The molecule has 0 aliphatic carbocycles. The van der Waals surface area contributed by atoms with E-state index in [1.54, 1.807) is 19.1 Å². The molecule has 2 rings (SSSR count). The fraction of sp³-hybridized carbons (Fsp3) is 0.353. The van der Waals surface area contributed by atoms with Gasteiger partial charge in [-0.15, -0.1) is 0 Å². The second kappa shape index (κ2) is 7.71. The second-order valence-electron chi connectivity index (χ2n) is 5.69. The van der Waals surface area contributed by atoms with Gasteiger partial charge < -0.3 is 13.9 Å². The van der Waals surface area contributed by atoms with Gasteiger partial charge in [-0.3, -0.25) is 0 Å². The van der Waals surface area contributed by atoms with Crippen molar-refractivity contribution in [2.45, 2.75) is 31.7 Å². The van der Waals surface area contributed by atoms with Crippen LogP contribution in [-0.2, 0) is 26.2 Å². The number of nitrogens with zero attached hydrogens (tertiary/aromatic N) is 1. The fourth-order valence-electron chi connectivity index (χ4n) is 1.88. The predicted octanol–water partition coefficient (Wildman–Crippen LogP) is 2.35. The van der Waals surface area contributed by atoms with Gasteiger partial charge >= 0.3 is 5.97 Å². The quantitative estimate of drug-likeness (QED) is 0.698. The van der Waals surface area contributed by atoms with E-state index >= 15 is 0 Å². The van der Waals surface area contributed by atoms with Crippen molar-refractivity contribution in [3.8, 4) is 5.75 Å². The van der Waals surface area contributed by atoms with Crippen LogP contribution in [0.25, 0.3) is 0 Å². The predicted molar refractivity (Wildman–Crippen MR) is 90.6 cm³/mol. The highest BCUT2D eigenvalue weighted by atomic mass is 32.2. The van der Waals surface area contributed by atoms with Gasteiger partial charge in [-0.05, 0) is 38.1 Å². The highest BCUT2D eigenvalue weighted by Gasteiger charge is 2.22. The number of benzene rings is 1. The summed E-state index contributed by atoms with van der Waals surface area (Å²) in [5.74, 6) is 0.220. The van der Waals surface area contributed by atoms with Gasteiger partial charge in [0.05, 0.1) is 0 Å². The number of aryl methyl sites for hydroxylation is 1. The lowest BCUT2D eigenvalue weighted by molar-refractivity contribution is -0.153. The zero-order valence-corrected chi connectivity index (χ0v) is 15.4. The minimum absolute atomic E-state index is 0.177. The highest BCUT2D eigenvalue weighted by molar-refractivity contribution is 7.88. The van der Waals surface area contributed by atoms with Gasteiger partial charge in [-0.1, -0.05) is 17.7 Å². The van der Waals surface area contributed by atoms with Gasteiger partial charge in [-0.2, -0.15) is 0 Å². The number of hydrogen-bond donors (Lipinski definition) is 0. The summed E-state index contributed by atoms with van der Waals surface area (Å²) in [6, 6.07) is 10.1. The third kappa shape index (κ3) is 4.83. The van der Waals surface area contributed by atoms with Crippen molar-refractivity contribution in [2.75, 3.05) is 14.1 Å². The average Bonchev–Trinajstić information content (AvgIpc) is 3.04. The van der Waals surface area contributed by atoms with Crippen LogP contribution >= 0.6 is 0 Å². The molecular formula is C17H21NO6S. The summed E-state index contributed by atoms with van der Waals surface area (Å²) < 4.78 is 40.7. The van der Waals surface area contributed by atoms with Gasteiger partial charge in [-0.25, -0.2) is 17.5 Å². The maximum Gasteiger partial charge on any atom is 0.347 e. The van der Waals surface area contributed by atoms with Crippen molar-refractivity contribution < 1.29 is 27.1 Å². The molecule has 1 aromatic carbocycles.